The maximum Gasteiger partial charge on any atom is 0.290 e. The molecule has 3 heterocycles. The molecule has 13 heteroatoms. The monoisotopic (exact) mass is 441 g/mol. The molecule has 3 aromatic heterocycles. The molecule has 0 aliphatic carbocycles. The number of nitrogens with zero attached hydrogens (tertiary/aromatic N) is 6. The van der Waals surface area contributed by atoms with E-state index in [9.17, 15) is 9.65 Å². The first-order chi connectivity index (χ1) is 14.9. The number of anilines is 4. The minimum Gasteiger partial charge on any atom is -0.483 e. The van der Waals surface area contributed by atoms with Crippen molar-refractivity contribution in [3.05, 3.63) is 53.3 Å². The van der Waals surface area contributed by atoms with Crippen LogP contribution in [0.1, 0.15) is 5.56 Å². The van der Waals surface area contributed by atoms with Crippen LogP contribution in [0.25, 0.3) is 16.6 Å². The third-order valence-corrected chi connectivity index (χ3v) is 4.16. The van der Waals surface area contributed by atoms with Gasteiger partial charge in [0.2, 0.25) is 0 Å². The molecule has 0 atom stereocenters. The third-order valence-electron chi connectivity index (χ3n) is 3.87. The van der Waals surface area contributed by atoms with Crippen LogP contribution in [0, 0.1) is 17.1 Å². The molecule has 0 amide bonds. The molecule has 1 aromatic carbocycles. The zero-order valence-electron chi connectivity index (χ0n) is 15.5. The Kier molecular flexibility index (Phi) is 6.08. The molecule has 4 aromatic rings. The van der Waals surface area contributed by atoms with Gasteiger partial charge in [0.1, 0.15) is 41.1 Å². The van der Waals surface area contributed by atoms with Crippen molar-refractivity contribution in [2.75, 3.05) is 16.8 Å². The molecular formula is C18H13ClFN9O2. The largest absolute Gasteiger partial charge is 0.483 e. The average molecular weight is 442 g/mol. The van der Waals surface area contributed by atoms with E-state index in [0.717, 1.165) is 6.20 Å². The summed E-state index contributed by atoms with van der Waals surface area (Å²) in [6.07, 6.45) is 3.83. The van der Waals surface area contributed by atoms with Gasteiger partial charge in [0.15, 0.2) is 5.82 Å². The highest BCUT2D eigenvalue weighted by atomic mass is 35.5. The van der Waals surface area contributed by atoms with Gasteiger partial charge < -0.3 is 21.9 Å². The van der Waals surface area contributed by atoms with Crippen LogP contribution in [0.3, 0.4) is 0 Å². The van der Waals surface area contributed by atoms with Crippen LogP contribution in [0.4, 0.5) is 27.5 Å². The number of hydrogen-bond acceptors (Lipinski definition) is 9. The Bertz CT molecular complexity index is 1320. The van der Waals surface area contributed by atoms with E-state index in [-0.39, 0.29) is 34.1 Å². The van der Waals surface area contributed by atoms with Gasteiger partial charge in [0.05, 0.1) is 22.2 Å². The van der Waals surface area contributed by atoms with Crippen LogP contribution in [0.5, 0.6) is 0 Å². The molecule has 156 valence electrons. The SMILES string of the molecule is N#Cc1cc(N)cc(Cl)c1-n1cc2c(Nc3cc(N)ncn3)ncc(F)c2n1.O=CO. The van der Waals surface area contributed by atoms with Crippen molar-refractivity contribution in [2.45, 2.75) is 0 Å². The molecule has 4 rings (SSSR count). The number of pyridine rings is 1. The van der Waals surface area contributed by atoms with Crippen molar-refractivity contribution in [3.8, 4) is 11.8 Å². The molecule has 0 saturated carbocycles. The maximum absolute atomic E-state index is 14.3. The second-order valence-corrected chi connectivity index (χ2v) is 6.27. The van der Waals surface area contributed by atoms with Crippen molar-refractivity contribution < 1.29 is 14.3 Å². The third kappa shape index (κ3) is 4.41. The van der Waals surface area contributed by atoms with Crippen molar-refractivity contribution in [1.82, 2.24) is 24.7 Å². The standard InChI is InChI=1S/C17H11ClFN9.CH2O2/c18-11-2-9(21)1-8(4-20)16(11)28-6-10-15(27-28)12(19)5-23-17(10)26-14-3-13(22)24-7-25-14;2-1-3/h1-3,5-7H,21H2,(H3,22,23,24,25,26);1H,(H,2,3). The number of nitrogen functional groups attached to an aromatic ring is 2. The van der Waals surface area contributed by atoms with Crippen LogP contribution in [-0.2, 0) is 4.79 Å². The smallest absolute Gasteiger partial charge is 0.290 e. The van der Waals surface area contributed by atoms with E-state index in [2.05, 4.69) is 25.4 Å². The van der Waals surface area contributed by atoms with Gasteiger partial charge in [0.25, 0.3) is 6.47 Å². The number of benzene rings is 1. The van der Waals surface area contributed by atoms with Crippen LogP contribution in [0.15, 0.2) is 36.9 Å². The maximum atomic E-state index is 14.3. The van der Waals surface area contributed by atoms with Crippen LogP contribution >= 0.6 is 11.6 Å². The highest BCUT2D eigenvalue weighted by molar-refractivity contribution is 6.33. The normalized spacial score (nSPS) is 10.1. The number of halogens is 2. The molecule has 0 aliphatic heterocycles. The minimum absolute atomic E-state index is 0.0382. The number of aromatic nitrogens is 5. The summed E-state index contributed by atoms with van der Waals surface area (Å²) in [5, 5.41) is 24.0. The zero-order chi connectivity index (χ0) is 22.5. The van der Waals surface area contributed by atoms with Gasteiger partial charge in [-0.2, -0.15) is 10.4 Å². The summed E-state index contributed by atoms with van der Waals surface area (Å²) in [6.45, 7) is -0.250. The number of nitriles is 1. The molecule has 0 unspecified atom stereocenters. The first-order valence-corrected chi connectivity index (χ1v) is 8.71. The Morgan fingerprint density at radius 1 is 1.26 bits per heavy atom. The number of hydrogen-bond donors (Lipinski definition) is 4. The quantitative estimate of drug-likeness (QED) is 0.272. The predicted molar refractivity (Wildman–Crippen MR) is 111 cm³/mol. The van der Waals surface area contributed by atoms with E-state index in [1.54, 1.807) is 0 Å². The van der Waals surface area contributed by atoms with Gasteiger partial charge in [-0.25, -0.2) is 24.0 Å². The van der Waals surface area contributed by atoms with Crippen LogP contribution in [0.2, 0.25) is 5.02 Å². The van der Waals surface area contributed by atoms with Crippen molar-refractivity contribution in [3.63, 3.8) is 0 Å². The summed E-state index contributed by atoms with van der Waals surface area (Å²) in [5.41, 5.74) is 12.2. The topological polar surface area (TPSA) is 182 Å². The molecule has 11 nitrogen and oxygen atoms in total. The fourth-order valence-corrected chi connectivity index (χ4v) is 3.00. The van der Waals surface area contributed by atoms with Gasteiger partial charge >= 0.3 is 0 Å². The second-order valence-electron chi connectivity index (χ2n) is 5.86. The van der Waals surface area contributed by atoms with E-state index >= 15 is 0 Å². The van der Waals surface area contributed by atoms with Gasteiger partial charge in [-0.3, -0.25) is 4.79 Å². The molecule has 0 radical (unpaired) electrons. The molecule has 0 saturated heterocycles. The Morgan fingerprint density at radius 3 is 2.68 bits per heavy atom. The predicted octanol–water partition coefficient (Wildman–Crippen LogP) is 2.48. The zero-order valence-corrected chi connectivity index (χ0v) is 16.2. The lowest BCUT2D eigenvalue weighted by molar-refractivity contribution is -0.122. The Balaban J connectivity index is 0.000000858. The van der Waals surface area contributed by atoms with Crippen molar-refractivity contribution in [2.24, 2.45) is 0 Å². The lowest BCUT2D eigenvalue weighted by atomic mass is 10.1. The van der Waals surface area contributed by atoms with Crippen molar-refractivity contribution in [1.29, 1.82) is 5.26 Å². The Morgan fingerprint density at radius 2 is 2.00 bits per heavy atom. The molecule has 31 heavy (non-hydrogen) atoms. The van der Waals surface area contributed by atoms with E-state index in [1.807, 2.05) is 6.07 Å². The van der Waals surface area contributed by atoms with E-state index in [4.69, 9.17) is 33.0 Å². The van der Waals surface area contributed by atoms with Gasteiger partial charge in [-0.15, -0.1) is 0 Å². The summed E-state index contributed by atoms with van der Waals surface area (Å²) in [6, 6.07) is 6.47. The average Bonchev–Trinajstić information content (AvgIpc) is 3.16. The Hall–Kier alpha value is -4.50. The first kappa shape index (κ1) is 21.2. The fourth-order valence-electron chi connectivity index (χ4n) is 2.69. The lowest BCUT2D eigenvalue weighted by Gasteiger charge is -2.07. The molecule has 0 spiro atoms. The first-order valence-electron chi connectivity index (χ1n) is 8.33. The number of nitrogens with one attached hydrogen (secondary N) is 1. The van der Waals surface area contributed by atoms with E-state index < -0.39 is 5.82 Å². The van der Waals surface area contributed by atoms with Gasteiger partial charge in [-0.05, 0) is 12.1 Å². The van der Waals surface area contributed by atoms with Crippen molar-refractivity contribution >= 4 is 52.1 Å². The summed E-state index contributed by atoms with van der Waals surface area (Å²) in [5.74, 6) is 0.306. The second kappa shape index (κ2) is 8.89. The number of fused-ring (bicyclic) bond motifs is 1. The molecule has 0 aliphatic rings. The summed E-state index contributed by atoms with van der Waals surface area (Å²) >= 11 is 6.25. The number of rotatable bonds is 3. The minimum atomic E-state index is -0.633. The summed E-state index contributed by atoms with van der Waals surface area (Å²) < 4.78 is 15.6. The molecule has 6 N–H and O–H groups in total. The lowest BCUT2D eigenvalue weighted by Crippen LogP contribution is -2.01. The number of carbonyl (C=O) groups is 1. The molecule has 0 fully saturated rings. The van der Waals surface area contributed by atoms with Crippen LogP contribution in [-0.4, -0.2) is 36.3 Å². The van der Waals surface area contributed by atoms with E-state index in [1.165, 1.54) is 35.4 Å². The molecule has 0 bridgehead atoms. The fraction of sp³-hybridized carbons (Fsp3) is 0. The van der Waals surface area contributed by atoms with Gasteiger partial charge in [0, 0.05) is 18.0 Å². The van der Waals surface area contributed by atoms with Crippen LogP contribution < -0.4 is 16.8 Å². The molecular weight excluding hydrogens is 429 g/mol. The Labute approximate surface area is 178 Å². The van der Waals surface area contributed by atoms with Gasteiger partial charge in [-0.1, -0.05) is 11.6 Å². The van der Waals surface area contributed by atoms with E-state index in [0.29, 0.717) is 22.7 Å². The highest BCUT2D eigenvalue weighted by Gasteiger charge is 2.17. The summed E-state index contributed by atoms with van der Waals surface area (Å²) in [4.78, 5) is 20.3. The number of carboxylic acid groups (broad SMARTS) is 1. The number of nitrogens with two attached hydrogens (primary N) is 2. The summed E-state index contributed by atoms with van der Waals surface area (Å²) in [7, 11) is 0. The highest BCUT2D eigenvalue weighted by Crippen LogP contribution is 2.31.